The van der Waals surface area contributed by atoms with Crippen LogP contribution in [0.1, 0.15) is 11.1 Å². The van der Waals surface area contributed by atoms with Crippen molar-refractivity contribution in [3.8, 4) is 23.0 Å². The average Bonchev–Trinajstić information content (AvgIpc) is 2.53. The number of Topliss-reactive ketones (excluding diaryl/α,β-unsaturated/α-hetero) is 1. The zero-order valence-electron chi connectivity index (χ0n) is 13.1. The molecule has 128 valence electrons. The summed E-state index contributed by atoms with van der Waals surface area (Å²) in [7, 11) is 2.95. The van der Waals surface area contributed by atoms with Crippen molar-refractivity contribution < 1.29 is 24.5 Å². The molecular formula is C17H16I2O5. The van der Waals surface area contributed by atoms with Crippen LogP contribution in [0.2, 0.25) is 0 Å². The van der Waals surface area contributed by atoms with Crippen LogP contribution in [0.15, 0.2) is 24.3 Å². The molecule has 0 spiro atoms. The second kappa shape index (κ2) is 8.24. The molecule has 0 aliphatic carbocycles. The highest BCUT2D eigenvalue weighted by molar-refractivity contribution is 14.1. The highest BCUT2D eigenvalue weighted by Crippen LogP contribution is 2.34. The quantitative estimate of drug-likeness (QED) is 0.534. The highest BCUT2D eigenvalue weighted by atomic mass is 127. The fourth-order valence-electron chi connectivity index (χ4n) is 2.29. The van der Waals surface area contributed by atoms with Crippen LogP contribution in [-0.4, -0.2) is 30.2 Å². The maximum absolute atomic E-state index is 12.4. The number of hydrogen-bond donors (Lipinski definition) is 2. The van der Waals surface area contributed by atoms with Gasteiger partial charge >= 0.3 is 0 Å². The van der Waals surface area contributed by atoms with Gasteiger partial charge in [-0.2, -0.15) is 0 Å². The third kappa shape index (κ3) is 4.44. The topological polar surface area (TPSA) is 76.0 Å². The second-order valence-corrected chi connectivity index (χ2v) is 7.47. The van der Waals surface area contributed by atoms with Gasteiger partial charge in [0.25, 0.3) is 0 Å². The number of phenols is 2. The lowest BCUT2D eigenvalue weighted by Crippen LogP contribution is -2.07. The number of ketones is 1. The maximum atomic E-state index is 12.4. The van der Waals surface area contributed by atoms with Crippen LogP contribution in [0.4, 0.5) is 0 Å². The zero-order chi connectivity index (χ0) is 17.9. The standard InChI is InChI=1S/C17H16I2O5/c1-23-14-7-9(5-12(18)16(14)21)3-11(20)4-10-6-13(19)17(22)15(8-10)24-2/h5-8,21-22H,3-4H2,1-2H3. The van der Waals surface area contributed by atoms with E-state index in [0.717, 1.165) is 11.1 Å². The fourth-order valence-corrected chi connectivity index (χ4v) is 3.62. The molecule has 0 aromatic heterocycles. The van der Waals surface area contributed by atoms with Crippen molar-refractivity contribution in [1.29, 1.82) is 0 Å². The summed E-state index contributed by atoms with van der Waals surface area (Å²) < 4.78 is 11.5. The summed E-state index contributed by atoms with van der Waals surface area (Å²) in [4.78, 5) is 12.4. The Morgan fingerprint density at radius 3 is 1.58 bits per heavy atom. The lowest BCUT2D eigenvalue weighted by molar-refractivity contribution is -0.117. The van der Waals surface area contributed by atoms with E-state index in [4.69, 9.17) is 9.47 Å². The third-order valence-corrected chi connectivity index (χ3v) is 5.06. The van der Waals surface area contributed by atoms with Crippen molar-refractivity contribution >= 4 is 51.0 Å². The van der Waals surface area contributed by atoms with Gasteiger partial charge in [0.1, 0.15) is 5.78 Å². The van der Waals surface area contributed by atoms with Crippen LogP contribution in [0.3, 0.4) is 0 Å². The average molecular weight is 554 g/mol. The van der Waals surface area contributed by atoms with E-state index in [1.165, 1.54) is 14.2 Å². The Morgan fingerprint density at radius 1 is 0.875 bits per heavy atom. The fraction of sp³-hybridized carbons (Fsp3) is 0.235. The number of ether oxygens (including phenoxy) is 2. The minimum absolute atomic E-state index is 0.0158. The van der Waals surface area contributed by atoms with Crippen LogP contribution < -0.4 is 9.47 Å². The normalized spacial score (nSPS) is 10.5. The molecule has 2 aromatic carbocycles. The van der Waals surface area contributed by atoms with Crippen molar-refractivity contribution in [3.63, 3.8) is 0 Å². The minimum Gasteiger partial charge on any atom is -0.504 e. The molecule has 2 N–H and O–H groups in total. The van der Waals surface area contributed by atoms with Gasteiger partial charge < -0.3 is 19.7 Å². The molecule has 2 rings (SSSR count). The Morgan fingerprint density at radius 2 is 1.25 bits per heavy atom. The number of carbonyl (C=O) groups is 1. The molecule has 24 heavy (non-hydrogen) atoms. The first-order valence-corrected chi connectivity index (χ1v) is 9.14. The Bertz CT molecular complexity index is 711. The van der Waals surface area contributed by atoms with Crippen molar-refractivity contribution in [1.82, 2.24) is 0 Å². The van der Waals surface area contributed by atoms with E-state index in [0.29, 0.717) is 18.6 Å². The van der Waals surface area contributed by atoms with Crippen molar-refractivity contribution in [2.24, 2.45) is 0 Å². The molecule has 0 amide bonds. The molecule has 0 aliphatic rings. The summed E-state index contributed by atoms with van der Waals surface area (Å²) in [6.07, 6.45) is 0.457. The highest BCUT2D eigenvalue weighted by Gasteiger charge is 2.14. The number of rotatable bonds is 6. The van der Waals surface area contributed by atoms with Gasteiger partial charge in [-0.1, -0.05) is 0 Å². The molecule has 2 aromatic rings. The number of benzene rings is 2. The van der Waals surface area contributed by atoms with E-state index in [1.54, 1.807) is 24.3 Å². The Kier molecular flexibility index (Phi) is 6.55. The smallest absolute Gasteiger partial charge is 0.171 e. The Balaban J connectivity index is 2.17. The lowest BCUT2D eigenvalue weighted by Gasteiger charge is -2.10. The molecule has 0 fully saturated rings. The molecule has 0 aliphatic heterocycles. The Hall–Kier alpha value is -1.23. The summed E-state index contributed by atoms with van der Waals surface area (Å²) in [5.41, 5.74) is 1.55. The van der Waals surface area contributed by atoms with Gasteiger partial charge in [-0.3, -0.25) is 4.79 Å². The molecule has 0 atom stereocenters. The second-order valence-electron chi connectivity index (χ2n) is 5.15. The molecule has 0 heterocycles. The first kappa shape index (κ1) is 19.1. The van der Waals surface area contributed by atoms with E-state index < -0.39 is 0 Å². The van der Waals surface area contributed by atoms with Gasteiger partial charge in [0.05, 0.1) is 21.4 Å². The first-order chi connectivity index (χ1) is 11.3. The van der Waals surface area contributed by atoms with Gasteiger partial charge in [0.2, 0.25) is 0 Å². The number of carbonyl (C=O) groups excluding carboxylic acids is 1. The molecule has 7 heteroatoms. The van der Waals surface area contributed by atoms with Crippen LogP contribution in [0.25, 0.3) is 0 Å². The number of phenolic OH excluding ortho intramolecular Hbond substituents is 2. The molecule has 0 radical (unpaired) electrons. The summed E-state index contributed by atoms with van der Waals surface area (Å²) in [5, 5.41) is 19.7. The predicted octanol–water partition coefficient (Wildman–Crippen LogP) is 3.68. The van der Waals surface area contributed by atoms with Crippen molar-refractivity contribution in [2.45, 2.75) is 12.8 Å². The molecule has 0 saturated carbocycles. The van der Waals surface area contributed by atoms with E-state index in [9.17, 15) is 15.0 Å². The number of aromatic hydroxyl groups is 2. The maximum Gasteiger partial charge on any atom is 0.171 e. The Labute approximate surface area is 167 Å². The van der Waals surface area contributed by atoms with Crippen LogP contribution in [-0.2, 0) is 17.6 Å². The predicted molar refractivity (Wildman–Crippen MR) is 107 cm³/mol. The van der Waals surface area contributed by atoms with E-state index in [2.05, 4.69) is 0 Å². The summed E-state index contributed by atoms with van der Waals surface area (Å²) in [6, 6.07) is 6.85. The summed E-state index contributed by atoms with van der Waals surface area (Å²) in [6.45, 7) is 0. The molecular weight excluding hydrogens is 538 g/mol. The van der Waals surface area contributed by atoms with Gasteiger partial charge in [0, 0.05) is 12.8 Å². The van der Waals surface area contributed by atoms with E-state index >= 15 is 0 Å². The monoisotopic (exact) mass is 554 g/mol. The zero-order valence-corrected chi connectivity index (χ0v) is 17.4. The molecule has 5 nitrogen and oxygen atoms in total. The number of halogens is 2. The van der Waals surface area contributed by atoms with Gasteiger partial charge in [-0.05, 0) is 80.6 Å². The molecule has 0 bridgehead atoms. The number of methoxy groups -OCH3 is 2. The third-order valence-electron chi connectivity index (χ3n) is 3.42. The molecule has 0 saturated heterocycles. The van der Waals surface area contributed by atoms with Crippen molar-refractivity contribution in [3.05, 3.63) is 42.5 Å². The minimum atomic E-state index is 0.0158. The summed E-state index contributed by atoms with van der Waals surface area (Å²) in [5.74, 6) is 0.873. The SMILES string of the molecule is COc1cc(CC(=O)Cc2cc(I)c(O)c(OC)c2)cc(I)c1O. The molecule has 0 unspecified atom stereocenters. The van der Waals surface area contributed by atoms with Gasteiger partial charge in [-0.25, -0.2) is 0 Å². The van der Waals surface area contributed by atoms with Crippen molar-refractivity contribution in [2.75, 3.05) is 14.2 Å². The van der Waals surface area contributed by atoms with Gasteiger partial charge in [-0.15, -0.1) is 0 Å². The van der Waals surface area contributed by atoms with Gasteiger partial charge in [0.15, 0.2) is 23.0 Å². The van der Waals surface area contributed by atoms with E-state index in [1.807, 2.05) is 45.2 Å². The van der Waals surface area contributed by atoms with Crippen LogP contribution in [0, 0.1) is 7.14 Å². The van der Waals surface area contributed by atoms with Crippen LogP contribution in [0.5, 0.6) is 23.0 Å². The number of hydrogen-bond acceptors (Lipinski definition) is 5. The van der Waals surface area contributed by atoms with Crippen LogP contribution >= 0.6 is 45.2 Å². The lowest BCUT2D eigenvalue weighted by atomic mass is 10.0. The summed E-state index contributed by atoms with van der Waals surface area (Å²) >= 11 is 4.00. The van der Waals surface area contributed by atoms with E-state index in [-0.39, 0.29) is 30.1 Å². The largest absolute Gasteiger partial charge is 0.504 e. The first-order valence-electron chi connectivity index (χ1n) is 6.98.